The fraction of sp³-hybridized carbons (Fsp3) is 0.235. The van der Waals surface area contributed by atoms with Gasteiger partial charge in [0, 0.05) is 56.5 Å². The van der Waals surface area contributed by atoms with Crippen molar-refractivity contribution in [1.82, 2.24) is 19.4 Å². The van der Waals surface area contributed by atoms with Crippen molar-refractivity contribution in [2.24, 2.45) is 7.05 Å². The smallest absolute Gasteiger partial charge is 0.418 e. The number of carbonyl (C=O) groups is 2. The van der Waals surface area contributed by atoms with Crippen LogP contribution < -0.4 is 25.4 Å². The lowest BCUT2D eigenvalue weighted by Crippen LogP contribution is -2.44. The molecule has 49 heavy (non-hydrogen) atoms. The van der Waals surface area contributed by atoms with Gasteiger partial charge in [-0.25, -0.2) is 14.4 Å². The van der Waals surface area contributed by atoms with Crippen molar-refractivity contribution < 1.29 is 42.4 Å². The molecule has 256 valence electrons. The van der Waals surface area contributed by atoms with E-state index in [1.165, 1.54) is 15.2 Å². The molecule has 5 aromatic rings. The van der Waals surface area contributed by atoms with E-state index in [1.807, 2.05) is 30.3 Å². The Hall–Kier alpha value is -5.83. The predicted molar refractivity (Wildman–Crippen MR) is 177 cm³/mol. The van der Waals surface area contributed by atoms with Gasteiger partial charge >= 0.3 is 23.8 Å². The average molecular weight is 680 g/mol. The molecule has 0 unspecified atom stereocenters. The van der Waals surface area contributed by atoms with Crippen LogP contribution in [0.1, 0.15) is 5.56 Å². The van der Waals surface area contributed by atoms with Crippen LogP contribution in [0, 0.1) is 0 Å². The highest BCUT2D eigenvalue weighted by Gasteiger charge is 2.36. The predicted octanol–water partition coefficient (Wildman–Crippen LogP) is 4.70. The molecule has 15 heteroatoms. The van der Waals surface area contributed by atoms with Crippen LogP contribution in [0.15, 0.2) is 77.7 Å². The number of nitrogens with one attached hydrogen (secondary N) is 1. The molecule has 3 N–H and O–H groups in total. The van der Waals surface area contributed by atoms with E-state index in [2.05, 4.69) is 10.3 Å². The summed E-state index contributed by atoms with van der Waals surface area (Å²) in [7, 11) is 4.71. The maximum Gasteiger partial charge on any atom is 0.418 e. The number of aromatic nitrogens is 3. The summed E-state index contributed by atoms with van der Waals surface area (Å²) in [4.78, 5) is 38.9. The van der Waals surface area contributed by atoms with Crippen LogP contribution in [-0.4, -0.2) is 76.7 Å². The second-order valence-corrected chi connectivity index (χ2v) is 10.9. The highest BCUT2D eigenvalue weighted by Crippen LogP contribution is 2.39. The van der Waals surface area contributed by atoms with E-state index in [4.69, 9.17) is 19.7 Å². The van der Waals surface area contributed by atoms with Crippen molar-refractivity contribution >= 4 is 39.6 Å². The molecular formula is C34H32F3N5O7. The van der Waals surface area contributed by atoms with Gasteiger partial charge in [-0.1, -0.05) is 12.1 Å². The number of fused-ring (bicyclic) bond motifs is 3. The van der Waals surface area contributed by atoms with Gasteiger partial charge in [-0.05, 0) is 53.6 Å². The van der Waals surface area contributed by atoms with Gasteiger partial charge in [0.25, 0.3) is 0 Å². The molecule has 3 heterocycles. The van der Waals surface area contributed by atoms with Crippen LogP contribution in [0.3, 0.4) is 0 Å². The van der Waals surface area contributed by atoms with Crippen molar-refractivity contribution in [2.75, 3.05) is 45.3 Å². The quantitative estimate of drug-likeness (QED) is 0.207. The highest BCUT2D eigenvalue weighted by atomic mass is 19.4. The number of aryl methyl sites for hydroxylation is 1. The molecule has 0 aliphatic carbocycles. The molecule has 1 aliphatic heterocycles. The van der Waals surface area contributed by atoms with E-state index in [0.29, 0.717) is 71.8 Å². The lowest BCUT2D eigenvalue weighted by Gasteiger charge is -2.31. The monoisotopic (exact) mass is 679 g/mol. The molecule has 0 radical (unpaired) electrons. The van der Waals surface area contributed by atoms with Crippen LogP contribution in [0.5, 0.6) is 11.5 Å². The van der Waals surface area contributed by atoms with Gasteiger partial charge in [0.1, 0.15) is 0 Å². The first kappa shape index (κ1) is 34.5. The van der Waals surface area contributed by atoms with Gasteiger partial charge in [-0.15, -0.1) is 0 Å². The van der Waals surface area contributed by atoms with Crippen LogP contribution >= 0.6 is 0 Å². The molecule has 0 spiro atoms. The van der Waals surface area contributed by atoms with Crippen molar-refractivity contribution in [3.63, 3.8) is 0 Å². The number of benzene rings is 3. The minimum atomic E-state index is -4.60. The molecule has 0 saturated carbocycles. The Morgan fingerprint density at radius 1 is 0.898 bits per heavy atom. The summed E-state index contributed by atoms with van der Waals surface area (Å²) in [6, 6.07) is 15.3. The van der Waals surface area contributed by atoms with E-state index in [9.17, 15) is 27.6 Å². The summed E-state index contributed by atoms with van der Waals surface area (Å²) in [5.74, 6) is -1.37. The molecule has 12 nitrogen and oxygen atoms in total. The number of carboxylic acids is 2. The van der Waals surface area contributed by atoms with Gasteiger partial charge in [0.2, 0.25) is 0 Å². The number of rotatable bonds is 7. The summed E-state index contributed by atoms with van der Waals surface area (Å²) in [5, 5.41) is 19.4. The summed E-state index contributed by atoms with van der Waals surface area (Å²) >= 11 is 0. The molecule has 3 aromatic carbocycles. The zero-order valence-corrected chi connectivity index (χ0v) is 26.6. The number of alkyl halides is 3. The van der Waals surface area contributed by atoms with Crippen molar-refractivity contribution in [2.45, 2.75) is 6.18 Å². The Bertz CT molecular complexity index is 2120. The number of piperazine rings is 1. The maximum atomic E-state index is 14.4. The lowest BCUT2D eigenvalue weighted by atomic mass is 10.0. The number of hydrogen-bond acceptors (Lipinski definition) is 8. The minimum absolute atomic E-state index is 0.110. The number of halogens is 3. The van der Waals surface area contributed by atoms with Gasteiger partial charge in [0.15, 0.2) is 11.5 Å². The number of ether oxygens (including phenoxy) is 2. The van der Waals surface area contributed by atoms with Gasteiger partial charge < -0.3 is 29.9 Å². The lowest BCUT2D eigenvalue weighted by molar-refractivity contribution is -0.137. The zero-order valence-electron chi connectivity index (χ0n) is 26.6. The highest BCUT2D eigenvalue weighted by molar-refractivity contribution is 6.04. The molecular weight excluding hydrogens is 647 g/mol. The number of methoxy groups -OCH3 is 2. The van der Waals surface area contributed by atoms with Gasteiger partial charge in [0.05, 0.1) is 48.2 Å². The molecule has 0 atom stereocenters. The first-order valence-electron chi connectivity index (χ1n) is 14.9. The molecule has 1 aliphatic rings. The summed E-state index contributed by atoms with van der Waals surface area (Å²) in [5.41, 5.74) is 2.26. The van der Waals surface area contributed by atoms with Crippen LogP contribution in [0.4, 0.5) is 18.9 Å². The molecule has 0 bridgehead atoms. The number of pyridine rings is 1. The number of imidazole rings is 1. The number of hydrogen-bond donors (Lipinski definition) is 3. The first-order valence-corrected chi connectivity index (χ1v) is 14.9. The second kappa shape index (κ2) is 14.1. The largest absolute Gasteiger partial charge is 0.493 e. The van der Waals surface area contributed by atoms with E-state index < -0.39 is 29.4 Å². The SMILES string of the molecule is COc1ccc(-c2ccc3ncc4c(c3c2)n(-c2ccc(N3CCNCC3)c(C(F)(F)F)c2)c(=O)n4C)cc1OC.O=C(O)/C=C\C(=O)O. The molecule has 1 saturated heterocycles. The summed E-state index contributed by atoms with van der Waals surface area (Å²) in [6.45, 7) is 2.13. The Morgan fingerprint density at radius 2 is 1.53 bits per heavy atom. The van der Waals surface area contributed by atoms with Crippen LogP contribution in [0.25, 0.3) is 38.8 Å². The second-order valence-electron chi connectivity index (χ2n) is 10.9. The number of carboxylic acid groups (broad SMARTS) is 2. The minimum Gasteiger partial charge on any atom is -0.493 e. The summed E-state index contributed by atoms with van der Waals surface area (Å²) < 4.78 is 56.7. The third kappa shape index (κ3) is 7.21. The van der Waals surface area contributed by atoms with Crippen molar-refractivity contribution in [1.29, 1.82) is 0 Å². The summed E-state index contributed by atoms with van der Waals surface area (Å²) in [6.07, 6.45) is -1.91. The van der Waals surface area contributed by atoms with Crippen molar-refractivity contribution in [3.8, 4) is 28.3 Å². The van der Waals surface area contributed by atoms with Gasteiger partial charge in [-0.2, -0.15) is 13.2 Å². The molecule has 6 rings (SSSR count). The molecule has 2 aromatic heterocycles. The zero-order chi connectivity index (χ0) is 35.5. The van der Waals surface area contributed by atoms with E-state index in [-0.39, 0.29) is 11.4 Å². The van der Waals surface area contributed by atoms with E-state index in [0.717, 1.165) is 17.2 Å². The third-order valence-electron chi connectivity index (χ3n) is 7.97. The topological polar surface area (TPSA) is 148 Å². The fourth-order valence-corrected chi connectivity index (χ4v) is 5.65. The Morgan fingerprint density at radius 3 is 2.14 bits per heavy atom. The van der Waals surface area contributed by atoms with E-state index in [1.54, 1.807) is 44.5 Å². The third-order valence-corrected chi connectivity index (χ3v) is 7.97. The van der Waals surface area contributed by atoms with Gasteiger partial charge in [-0.3, -0.25) is 14.1 Å². The number of nitrogens with zero attached hydrogens (tertiary/aromatic N) is 4. The van der Waals surface area contributed by atoms with Crippen molar-refractivity contribution in [3.05, 3.63) is 89.0 Å². The average Bonchev–Trinajstić information content (AvgIpc) is 3.36. The number of anilines is 1. The maximum absolute atomic E-state index is 14.4. The standard InChI is InChI=1S/C30H28F3N5O3.C4H4O4/c1-36-25-17-35-23-7-4-18(19-5-9-26(40-2)27(15-19)41-3)14-21(23)28(25)38(29(36)39)20-6-8-24(22(16-20)30(31,32)33)37-12-10-34-11-13-37;5-3(6)1-2-4(7)8/h4-9,14-17,34H,10-13H2,1-3H3;1-2H,(H,5,6)(H,7,8)/b;2-1-. The normalized spacial score (nSPS) is 13.4. The Kier molecular flexibility index (Phi) is 9.94. The molecule has 0 amide bonds. The van der Waals surface area contributed by atoms with Crippen LogP contribution in [0.2, 0.25) is 0 Å². The van der Waals surface area contributed by atoms with Crippen LogP contribution in [-0.2, 0) is 22.8 Å². The molecule has 1 fully saturated rings. The van der Waals surface area contributed by atoms with E-state index >= 15 is 0 Å². The Labute approximate surface area is 277 Å². The fourth-order valence-electron chi connectivity index (χ4n) is 5.65. The Balaban J connectivity index is 0.000000523. The number of aliphatic carboxylic acids is 2. The first-order chi connectivity index (χ1) is 23.3.